The maximum atomic E-state index is 6.04. The predicted octanol–water partition coefficient (Wildman–Crippen LogP) is 4.79. The first-order chi connectivity index (χ1) is 6.98. The third kappa shape index (κ3) is 2.00. The van der Waals surface area contributed by atoms with Crippen LogP contribution in [0.1, 0.15) is 26.3 Å². The van der Waals surface area contributed by atoms with Crippen LogP contribution >= 0.6 is 11.6 Å². The minimum atomic E-state index is 0.157. The van der Waals surface area contributed by atoms with Gasteiger partial charge in [-0.25, -0.2) is 0 Å². The summed E-state index contributed by atoms with van der Waals surface area (Å²) in [6, 6.07) is 12.5. The van der Waals surface area contributed by atoms with E-state index in [0.717, 1.165) is 5.02 Å². The Bertz CT molecular complexity index is 492. The Balaban J connectivity index is 2.80. The summed E-state index contributed by atoms with van der Waals surface area (Å²) in [7, 11) is 0. The van der Waals surface area contributed by atoms with Gasteiger partial charge in [-0.3, -0.25) is 0 Å². The molecule has 0 N–H and O–H groups in total. The highest BCUT2D eigenvalue weighted by atomic mass is 35.5. The molecule has 2 aromatic rings. The maximum Gasteiger partial charge on any atom is 0.0412 e. The minimum absolute atomic E-state index is 0.157. The van der Waals surface area contributed by atoms with E-state index in [4.69, 9.17) is 11.6 Å². The molecule has 0 aliphatic rings. The van der Waals surface area contributed by atoms with Gasteiger partial charge in [0, 0.05) is 5.02 Å². The summed E-state index contributed by atoms with van der Waals surface area (Å²) in [5.74, 6) is 0. The highest BCUT2D eigenvalue weighted by Crippen LogP contribution is 2.31. The van der Waals surface area contributed by atoms with E-state index in [1.807, 2.05) is 6.07 Å². The van der Waals surface area contributed by atoms with Crippen molar-refractivity contribution in [3.8, 4) is 0 Å². The molecule has 0 heterocycles. The van der Waals surface area contributed by atoms with Gasteiger partial charge in [0.05, 0.1) is 0 Å². The van der Waals surface area contributed by atoms with Gasteiger partial charge in [0.1, 0.15) is 0 Å². The van der Waals surface area contributed by atoms with Crippen molar-refractivity contribution in [2.24, 2.45) is 0 Å². The van der Waals surface area contributed by atoms with Crippen molar-refractivity contribution in [3.63, 3.8) is 0 Å². The van der Waals surface area contributed by atoms with E-state index < -0.39 is 0 Å². The first kappa shape index (κ1) is 10.5. The Kier molecular flexibility index (Phi) is 2.47. The summed E-state index contributed by atoms with van der Waals surface area (Å²) < 4.78 is 0. The number of fused-ring (bicyclic) bond motifs is 1. The summed E-state index contributed by atoms with van der Waals surface area (Å²) in [4.78, 5) is 0. The third-order valence-corrected chi connectivity index (χ3v) is 2.89. The molecule has 0 amide bonds. The van der Waals surface area contributed by atoms with Crippen LogP contribution < -0.4 is 0 Å². The van der Waals surface area contributed by atoms with Gasteiger partial charge in [0.25, 0.3) is 0 Å². The van der Waals surface area contributed by atoms with E-state index >= 15 is 0 Å². The average molecular weight is 219 g/mol. The van der Waals surface area contributed by atoms with Gasteiger partial charge in [0.15, 0.2) is 0 Å². The lowest BCUT2D eigenvalue weighted by atomic mass is 9.84. The van der Waals surface area contributed by atoms with Crippen molar-refractivity contribution in [3.05, 3.63) is 47.0 Å². The number of halogens is 1. The van der Waals surface area contributed by atoms with Crippen LogP contribution in [0, 0.1) is 0 Å². The monoisotopic (exact) mass is 218 g/mol. The standard InChI is InChI=1S/C14H15Cl/c1-14(2,3)13-6-4-5-10-7-8-11(15)9-12(10)13/h4-9H,1-3H3. The van der Waals surface area contributed by atoms with Crippen LogP contribution in [0.4, 0.5) is 0 Å². The maximum absolute atomic E-state index is 6.04. The van der Waals surface area contributed by atoms with Crippen molar-refractivity contribution >= 4 is 22.4 Å². The smallest absolute Gasteiger partial charge is 0.0412 e. The Hall–Kier alpha value is -1.01. The van der Waals surface area contributed by atoms with Gasteiger partial charge in [-0.15, -0.1) is 0 Å². The van der Waals surface area contributed by atoms with E-state index in [2.05, 4.69) is 51.1 Å². The van der Waals surface area contributed by atoms with Crippen LogP contribution in [0.3, 0.4) is 0 Å². The molecule has 78 valence electrons. The van der Waals surface area contributed by atoms with E-state index in [9.17, 15) is 0 Å². The molecular formula is C14H15Cl. The van der Waals surface area contributed by atoms with Crippen molar-refractivity contribution in [1.29, 1.82) is 0 Å². The summed E-state index contributed by atoms with van der Waals surface area (Å²) >= 11 is 6.04. The van der Waals surface area contributed by atoms with Gasteiger partial charge in [-0.1, -0.05) is 56.6 Å². The van der Waals surface area contributed by atoms with Gasteiger partial charge in [-0.2, -0.15) is 0 Å². The molecule has 1 heteroatoms. The van der Waals surface area contributed by atoms with Gasteiger partial charge < -0.3 is 0 Å². The van der Waals surface area contributed by atoms with E-state index in [1.54, 1.807) is 0 Å². The minimum Gasteiger partial charge on any atom is -0.0843 e. The number of hydrogen-bond acceptors (Lipinski definition) is 0. The molecule has 0 aliphatic carbocycles. The summed E-state index contributed by atoms with van der Waals surface area (Å²) in [6.07, 6.45) is 0. The zero-order valence-corrected chi connectivity index (χ0v) is 10.1. The quantitative estimate of drug-likeness (QED) is 0.597. The second-order valence-corrected chi connectivity index (χ2v) is 5.36. The molecule has 0 aliphatic heterocycles. The van der Waals surface area contributed by atoms with Crippen LogP contribution in [0.5, 0.6) is 0 Å². The van der Waals surface area contributed by atoms with E-state index in [0.29, 0.717) is 0 Å². The van der Waals surface area contributed by atoms with Crippen LogP contribution in [-0.4, -0.2) is 0 Å². The molecule has 0 radical (unpaired) electrons. The van der Waals surface area contributed by atoms with Crippen molar-refractivity contribution in [2.45, 2.75) is 26.2 Å². The first-order valence-electron chi connectivity index (χ1n) is 5.17. The fraction of sp³-hybridized carbons (Fsp3) is 0.286. The van der Waals surface area contributed by atoms with Crippen LogP contribution in [0.25, 0.3) is 10.8 Å². The largest absolute Gasteiger partial charge is 0.0843 e. The highest BCUT2D eigenvalue weighted by molar-refractivity contribution is 6.31. The molecule has 2 rings (SSSR count). The Morgan fingerprint density at radius 2 is 1.73 bits per heavy atom. The molecule has 0 fully saturated rings. The lowest BCUT2D eigenvalue weighted by molar-refractivity contribution is 0.596. The predicted molar refractivity (Wildman–Crippen MR) is 67.7 cm³/mol. The Morgan fingerprint density at radius 3 is 2.40 bits per heavy atom. The van der Waals surface area contributed by atoms with Crippen LogP contribution in [0.15, 0.2) is 36.4 Å². The fourth-order valence-corrected chi connectivity index (χ4v) is 2.07. The average Bonchev–Trinajstić information content (AvgIpc) is 2.15. The summed E-state index contributed by atoms with van der Waals surface area (Å²) in [6.45, 7) is 6.67. The number of rotatable bonds is 0. The molecule has 0 atom stereocenters. The van der Waals surface area contributed by atoms with Gasteiger partial charge in [0.2, 0.25) is 0 Å². The van der Waals surface area contributed by atoms with Crippen LogP contribution in [-0.2, 0) is 5.41 Å². The molecule has 0 spiro atoms. The molecule has 0 unspecified atom stereocenters. The van der Waals surface area contributed by atoms with E-state index in [1.165, 1.54) is 16.3 Å². The molecule has 0 aromatic heterocycles. The topological polar surface area (TPSA) is 0 Å². The molecule has 0 saturated carbocycles. The lowest BCUT2D eigenvalue weighted by Crippen LogP contribution is -2.11. The van der Waals surface area contributed by atoms with Gasteiger partial charge in [-0.05, 0) is 33.9 Å². The molecule has 0 nitrogen and oxygen atoms in total. The van der Waals surface area contributed by atoms with Gasteiger partial charge >= 0.3 is 0 Å². The molecular weight excluding hydrogens is 204 g/mol. The highest BCUT2D eigenvalue weighted by Gasteiger charge is 2.16. The SMILES string of the molecule is CC(C)(C)c1cccc2ccc(Cl)cc12. The lowest BCUT2D eigenvalue weighted by Gasteiger charge is -2.21. The molecule has 2 aromatic carbocycles. The normalized spacial score (nSPS) is 12.0. The summed E-state index contributed by atoms with van der Waals surface area (Å²) in [5, 5.41) is 3.32. The second kappa shape index (κ2) is 3.53. The van der Waals surface area contributed by atoms with E-state index in [-0.39, 0.29) is 5.41 Å². The molecule has 0 saturated heterocycles. The number of hydrogen-bond donors (Lipinski definition) is 0. The Labute approximate surface area is 95.9 Å². The van der Waals surface area contributed by atoms with Crippen molar-refractivity contribution in [2.75, 3.05) is 0 Å². The molecule has 15 heavy (non-hydrogen) atoms. The molecule has 0 bridgehead atoms. The van der Waals surface area contributed by atoms with Crippen LogP contribution in [0.2, 0.25) is 5.02 Å². The number of benzene rings is 2. The fourth-order valence-electron chi connectivity index (χ4n) is 1.90. The Morgan fingerprint density at radius 1 is 1.00 bits per heavy atom. The van der Waals surface area contributed by atoms with Crippen molar-refractivity contribution < 1.29 is 0 Å². The van der Waals surface area contributed by atoms with Crippen molar-refractivity contribution in [1.82, 2.24) is 0 Å². The zero-order chi connectivity index (χ0) is 11.1. The summed E-state index contributed by atoms with van der Waals surface area (Å²) in [5.41, 5.74) is 1.51. The first-order valence-corrected chi connectivity index (χ1v) is 5.55. The zero-order valence-electron chi connectivity index (χ0n) is 9.34. The third-order valence-electron chi connectivity index (χ3n) is 2.65. The second-order valence-electron chi connectivity index (χ2n) is 4.92.